The van der Waals surface area contributed by atoms with Crippen LogP contribution in [0.1, 0.15) is 47.4 Å². The Morgan fingerprint density at radius 2 is 1.58 bits per heavy atom. The number of alkyl halides is 6. The van der Waals surface area contributed by atoms with Crippen LogP contribution in [-0.2, 0) is 36.5 Å². The van der Waals surface area contributed by atoms with Gasteiger partial charge in [-0.05, 0) is 48.2 Å². The summed E-state index contributed by atoms with van der Waals surface area (Å²) in [6.45, 7) is 3.48. The van der Waals surface area contributed by atoms with Gasteiger partial charge in [0.1, 0.15) is 0 Å². The molecule has 2 N–H and O–H groups in total. The van der Waals surface area contributed by atoms with Gasteiger partial charge in [-0.1, -0.05) is 13.8 Å². The van der Waals surface area contributed by atoms with E-state index in [9.17, 15) is 35.9 Å². The van der Waals surface area contributed by atoms with Crippen LogP contribution in [0.15, 0.2) is 29.1 Å². The molecule has 1 aromatic heterocycles. The van der Waals surface area contributed by atoms with Crippen molar-refractivity contribution in [2.75, 3.05) is 0 Å². The van der Waals surface area contributed by atoms with Gasteiger partial charge >= 0.3 is 12.4 Å². The van der Waals surface area contributed by atoms with Crippen LogP contribution in [0.25, 0.3) is 6.08 Å². The van der Waals surface area contributed by atoms with Crippen LogP contribution in [0, 0.1) is 0 Å². The molecular weight excluding hydrogens is 428 g/mol. The number of H-pyrrole nitrogens is 1. The Bertz CT molecular complexity index is 1010. The number of nitrogens with one attached hydrogen (secondary N) is 2. The molecule has 0 saturated carbocycles. The first kappa shape index (κ1) is 24.2. The van der Waals surface area contributed by atoms with Crippen molar-refractivity contribution in [1.29, 1.82) is 0 Å². The highest BCUT2D eigenvalue weighted by Crippen LogP contribution is 2.36. The van der Waals surface area contributed by atoms with Crippen molar-refractivity contribution < 1.29 is 31.1 Å². The van der Waals surface area contributed by atoms with Gasteiger partial charge in [0, 0.05) is 18.2 Å². The molecule has 0 unspecified atom stereocenters. The van der Waals surface area contributed by atoms with Gasteiger partial charge in [0.05, 0.1) is 16.8 Å². The molecule has 0 atom stereocenters. The number of aryl methyl sites for hydroxylation is 1. The predicted molar refractivity (Wildman–Crippen MR) is 101 cm³/mol. The summed E-state index contributed by atoms with van der Waals surface area (Å²) in [5, 5.41) is 8.68. The Kier molecular flexibility index (Phi) is 7.29. The van der Waals surface area contributed by atoms with Crippen LogP contribution in [0.5, 0.6) is 0 Å². The molecule has 2 rings (SSSR count). The van der Waals surface area contributed by atoms with Gasteiger partial charge in [0.2, 0.25) is 5.91 Å². The number of aromatic amines is 1. The van der Waals surface area contributed by atoms with E-state index in [1.54, 1.807) is 0 Å². The molecular formula is C20H19F6N3O2. The molecule has 1 amide bonds. The topological polar surface area (TPSA) is 74.8 Å². The van der Waals surface area contributed by atoms with Crippen LogP contribution >= 0.6 is 0 Å². The average molecular weight is 447 g/mol. The monoisotopic (exact) mass is 447 g/mol. The molecule has 1 heterocycles. The Hall–Kier alpha value is -3.11. The summed E-state index contributed by atoms with van der Waals surface area (Å²) in [5.74, 6) is -0.790. The minimum atomic E-state index is -4.98. The van der Waals surface area contributed by atoms with E-state index in [-0.39, 0.29) is 18.2 Å². The predicted octanol–water partition coefficient (Wildman–Crippen LogP) is 4.26. The normalized spacial score (nSPS) is 12.4. The molecule has 168 valence electrons. The zero-order valence-electron chi connectivity index (χ0n) is 16.5. The molecule has 0 aliphatic carbocycles. The highest BCUT2D eigenvalue weighted by Gasteiger charge is 2.36. The number of carbonyl (C=O) groups excluding carboxylic acids is 1. The van der Waals surface area contributed by atoms with E-state index in [0.717, 1.165) is 12.2 Å². The van der Waals surface area contributed by atoms with Crippen molar-refractivity contribution in [3.8, 4) is 0 Å². The standard InChI is InChI=1S/C20H19F6N3O2/c1-3-14-15(18(31)29-28-16(14)4-2)10-27-17(30)6-5-11-7-12(19(21,22)23)9-13(8-11)20(24,25)26/h5-9H,3-4,10H2,1-2H3,(H,27,30)(H,29,31)/b6-5+. The molecule has 2 aromatic rings. The minimum absolute atomic E-state index is 0.00468. The Morgan fingerprint density at radius 1 is 1.00 bits per heavy atom. The number of hydrogen-bond acceptors (Lipinski definition) is 3. The average Bonchev–Trinajstić information content (AvgIpc) is 2.69. The van der Waals surface area contributed by atoms with Crippen LogP contribution in [0.4, 0.5) is 26.3 Å². The largest absolute Gasteiger partial charge is 0.416 e. The third-order valence-corrected chi connectivity index (χ3v) is 4.44. The van der Waals surface area contributed by atoms with E-state index >= 15 is 0 Å². The summed E-state index contributed by atoms with van der Waals surface area (Å²) < 4.78 is 77.4. The lowest BCUT2D eigenvalue weighted by atomic mass is 10.0. The maximum Gasteiger partial charge on any atom is 0.416 e. The van der Waals surface area contributed by atoms with Gasteiger partial charge in [0.15, 0.2) is 0 Å². The first-order chi connectivity index (χ1) is 14.4. The maximum atomic E-state index is 12.9. The van der Waals surface area contributed by atoms with Gasteiger partial charge < -0.3 is 5.32 Å². The highest BCUT2D eigenvalue weighted by molar-refractivity contribution is 5.91. The Morgan fingerprint density at radius 3 is 2.06 bits per heavy atom. The van der Waals surface area contributed by atoms with E-state index < -0.39 is 40.5 Å². The molecule has 5 nitrogen and oxygen atoms in total. The van der Waals surface area contributed by atoms with Gasteiger partial charge in [-0.25, -0.2) is 5.10 Å². The van der Waals surface area contributed by atoms with E-state index in [4.69, 9.17) is 0 Å². The van der Waals surface area contributed by atoms with Crippen molar-refractivity contribution in [2.45, 2.75) is 45.6 Å². The van der Waals surface area contributed by atoms with E-state index in [1.165, 1.54) is 0 Å². The molecule has 0 aliphatic rings. The summed E-state index contributed by atoms with van der Waals surface area (Å²) in [6, 6.07) is 1.02. The molecule has 0 radical (unpaired) electrons. The third-order valence-electron chi connectivity index (χ3n) is 4.44. The fourth-order valence-corrected chi connectivity index (χ4v) is 2.94. The molecule has 0 bridgehead atoms. The molecule has 0 spiro atoms. The summed E-state index contributed by atoms with van der Waals surface area (Å²) >= 11 is 0. The number of rotatable bonds is 6. The third kappa shape index (κ3) is 6.19. The fourth-order valence-electron chi connectivity index (χ4n) is 2.94. The lowest BCUT2D eigenvalue weighted by molar-refractivity contribution is -0.143. The first-order valence-corrected chi connectivity index (χ1v) is 9.21. The molecule has 31 heavy (non-hydrogen) atoms. The number of carbonyl (C=O) groups is 1. The van der Waals surface area contributed by atoms with E-state index in [2.05, 4.69) is 15.5 Å². The summed E-state index contributed by atoms with van der Waals surface area (Å²) in [5.41, 5.74) is -2.29. The number of halogens is 6. The molecule has 0 saturated heterocycles. The van der Waals surface area contributed by atoms with Crippen molar-refractivity contribution in [3.05, 3.63) is 68.1 Å². The summed E-state index contributed by atoms with van der Waals surface area (Å²) in [6.07, 6.45) is -7.28. The molecule has 11 heteroatoms. The maximum absolute atomic E-state index is 12.9. The second-order valence-corrected chi connectivity index (χ2v) is 6.55. The lowest BCUT2D eigenvalue weighted by Gasteiger charge is -2.13. The molecule has 1 aromatic carbocycles. The summed E-state index contributed by atoms with van der Waals surface area (Å²) in [7, 11) is 0. The van der Waals surface area contributed by atoms with Crippen LogP contribution in [-0.4, -0.2) is 16.1 Å². The summed E-state index contributed by atoms with van der Waals surface area (Å²) in [4.78, 5) is 24.1. The SMILES string of the molecule is CCc1n[nH]c(=O)c(CNC(=O)/C=C/c2cc(C(F)(F)F)cc(C(F)(F)F)c2)c1CC. The van der Waals surface area contributed by atoms with E-state index in [0.29, 0.717) is 36.2 Å². The van der Waals surface area contributed by atoms with Gasteiger partial charge in [-0.2, -0.15) is 31.4 Å². The first-order valence-electron chi connectivity index (χ1n) is 9.21. The second-order valence-electron chi connectivity index (χ2n) is 6.55. The van der Waals surface area contributed by atoms with Gasteiger partial charge in [-0.15, -0.1) is 0 Å². The van der Waals surface area contributed by atoms with Crippen molar-refractivity contribution in [2.24, 2.45) is 0 Å². The van der Waals surface area contributed by atoms with Crippen molar-refractivity contribution in [1.82, 2.24) is 15.5 Å². The highest BCUT2D eigenvalue weighted by atomic mass is 19.4. The zero-order chi connectivity index (χ0) is 23.4. The number of amides is 1. The van der Waals surface area contributed by atoms with Gasteiger partial charge in [0.25, 0.3) is 5.56 Å². The van der Waals surface area contributed by atoms with Crippen molar-refractivity contribution >= 4 is 12.0 Å². The van der Waals surface area contributed by atoms with Gasteiger partial charge in [-0.3, -0.25) is 9.59 Å². The second kappa shape index (κ2) is 9.36. The molecule has 0 aliphatic heterocycles. The number of hydrogen-bond donors (Lipinski definition) is 2. The van der Waals surface area contributed by atoms with E-state index in [1.807, 2.05) is 13.8 Å². The number of nitrogens with zero attached hydrogens (tertiary/aromatic N) is 1. The Balaban J connectivity index is 2.24. The minimum Gasteiger partial charge on any atom is -0.348 e. The zero-order valence-corrected chi connectivity index (χ0v) is 16.5. The lowest BCUT2D eigenvalue weighted by Crippen LogP contribution is -2.28. The Labute approximate surface area is 173 Å². The van der Waals surface area contributed by atoms with Crippen LogP contribution < -0.4 is 10.9 Å². The van der Waals surface area contributed by atoms with Crippen molar-refractivity contribution in [3.63, 3.8) is 0 Å². The van der Waals surface area contributed by atoms with Crippen LogP contribution in [0.3, 0.4) is 0 Å². The number of benzene rings is 1. The molecule has 0 fully saturated rings. The van der Waals surface area contributed by atoms with Crippen LogP contribution in [0.2, 0.25) is 0 Å². The quantitative estimate of drug-likeness (QED) is 0.513. The smallest absolute Gasteiger partial charge is 0.348 e. The number of aromatic nitrogens is 2. The fraction of sp³-hybridized carbons (Fsp3) is 0.350.